The van der Waals surface area contributed by atoms with Gasteiger partial charge in [-0.25, -0.2) is 0 Å². The predicted octanol–water partition coefficient (Wildman–Crippen LogP) is 13.5. The molecule has 1 amide bonds. The molecule has 2 N–H and O–H groups in total. The van der Waals surface area contributed by atoms with Gasteiger partial charge in [-0.1, -0.05) is 192 Å². The fourth-order valence-electron chi connectivity index (χ4n) is 6.16. The van der Waals surface area contributed by atoms with Gasteiger partial charge in [-0.15, -0.1) is 0 Å². The fourth-order valence-corrected chi connectivity index (χ4v) is 6.16. The summed E-state index contributed by atoms with van der Waals surface area (Å²) in [4.78, 5) is 12.3. The molecule has 0 saturated heterocycles. The van der Waals surface area contributed by atoms with Crippen LogP contribution in [0.25, 0.3) is 0 Å². The van der Waals surface area contributed by atoms with E-state index in [4.69, 9.17) is 0 Å². The minimum absolute atomic E-state index is 0.0774. The molecule has 3 nitrogen and oxygen atoms in total. The van der Waals surface area contributed by atoms with Crippen molar-refractivity contribution in [2.45, 2.75) is 238 Å². The molecule has 0 saturated carbocycles. The maximum absolute atomic E-state index is 12.3. The second-order valence-electron chi connectivity index (χ2n) is 14.1. The van der Waals surface area contributed by atoms with E-state index >= 15 is 0 Å². The van der Waals surface area contributed by atoms with Crippen LogP contribution in [-0.2, 0) is 4.79 Å². The first-order chi connectivity index (χ1) is 22.1. The molecule has 0 rings (SSSR count). The van der Waals surface area contributed by atoms with Crippen LogP contribution in [-0.4, -0.2) is 23.2 Å². The van der Waals surface area contributed by atoms with E-state index < -0.39 is 6.10 Å². The van der Waals surface area contributed by atoms with Crippen LogP contribution < -0.4 is 5.32 Å². The standard InChI is InChI=1S/C42H81NO2/c1-4-6-8-10-12-14-16-18-19-20-21-22-23-24-25-27-29-31-33-35-37-39-42(45)43-40(3)41(44)38-36-34-32-30-28-26-17-15-13-11-9-7-5-2/h18-19,36,38,40-41,44H,4-17,20-35,37,39H2,1-3H3,(H,43,45)/b19-18-,38-36+/t40-,41+/m0/s1. The molecule has 0 aromatic rings. The van der Waals surface area contributed by atoms with Crippen molar-refractivity contribution in [3.8, 4) is 0 Å². The van der Waals surface area contributed by atoms with E-state index in [0.717, 1.165) is 19.3 Å². The van der Waals surface area contributed by atoms with Gasteiger partial charge in [0.2, 0.25) is 5.91 Å². The van der Waals surface area contributed by atoms with Crippen LogP contribution in [0, 0.1) is 0 Å². The molecule has 266 valence electrons. The number of aliphatic hydroxyl groups excluding tert-OH is 1. The number of unbranched alkanes of at least 4 members (excludes halogenated alkanes) is 28. The lowest BCUT2D eigenvalue weighted by atomic mass is 10.0. The summed E-state index contributed by atoms with van der Waals surface area (Å²) in [5.74, 6) is 0.0774. The lowest BCUT2D eigenvalue weighted by Crippen LogP contribution is -2.40. The van der Waals surface area contributed by atoms with Gasteiger partial charge in [0.1, 0.15) is 0 Å². The molecular weight excluding hydrogens is 550 g/mol. The second kappa shape index (κ2) is 37.4. The SMILES string of the molecule is CCCCCCCC/C=C\CCCCCCCCCCCCCC(=O)N[C@@H](C)[C@H](O)/C=C/CCCCCCCCCCCCC. The number of hydrogen-bond acceptors (Lipinski definition) is 2. The number of carbonyl (C=O) groups is 1. The molecule has 2 atom stereocenters. The third-order valence-corrected chi connectivity index (χ3v) is 9.37. The number of rotatable bonds is 36. The first-order valence-corrected chi connectivity index (χ1v) is 20.4. The zero-order valence-electron chi connectivity index (χ0n) is 30.9. The van der Waals surface area contributed by atoms with Crippen molar-refractivity contribution in [2.24, 2.45) is 0 Å². The number of aliphatic hydroxyl groups is 1. The molecule has 0 aromatic heterocycles. The summed E-state index contributed by atoms with van der Waals surface area (Å²) in [6.07, 6.45) is 49.8. The Bertz CT molecular complexity index is 643. The number of amides is 1. The van der Waals surface area contributed by atoms with E-state index in [9.17, 15) is 9.90 Å². The molecule has 0 bridgehead atoms. The van der Waals surface area contributed by atoms with Crippen molar-refractivity contribution in [3.63, 3.8) is 0 Å². The molecule has 0 spiro atoms. The molecule has 0 aliphatic heterocycles. The molecule has 45 heavy (non-hydrogen) atoms. The molecular formula is C42H81NO2. The van der Waals surface area contributed by atoms with Crippen LogP contribution in [0.3, 0.4) is 0 Å². The Morgan fingerprint density at radius 3 is 1.18 bits per heavy atom. The highest BCUT2D eigenvalue weighted by atomic mass is 16.3. The van der Waals surface area contributed by atoms with Crippen LogP contribution in [0.15, 0.2) is 24.3 Å². The first-order valence-electron chi connectivity index (χ1n) is 20.4. The van der Waals surface area contributed by atoms with Crippen molar-refractivity contribution in [1.29, 1.82) is 0 Å². The van der Waals surface area contributed by atoms with Crippen LogP contribution in [0.5, 0.6) is 0 Å². The van der Waals surface area contributed by atoms with Crippen LogP contribution in [0.2, 0.25) is 0 Å². The summed E-state index contributed by atoms with van der Waals surface area (Å²) in [5, 5.41) is 13.4. The van der Waals surface area contributed by atoms with Gasteiger partial charge in [0, 0.05) is 6.42 Å². The van der Waals surface area contributed by atoms with E-state index in [1.54, 1.807) is 0 Å². The summed E-state index contributed by atoms with van der Waals surface area (Å²) in [5.41, 5.74) is 0. The molecule has 0 aromatic carbocycles. The van der Waals surface area contributed by atoms with Crippen LogP contribution in [0.4, 0.5) is 0 Å². The summed E-state index contributed by atoms with van der Waals surface area (Å²) in [6.45, 7) is 6.47. The highest BCUT2D eigenvalue weighted by Gasteiger charge is 2.13. The fraction of sp³-hybridized carbons (Fsp3) is 0.881. The summed E-state index contributed by atoms with van der Waals surface area (Å²) in [7, 11) is 0. The average Bonchev–Trinajstić information content (AvgIpc) is 3.03. The van der Waals surface area contributed by atoms with E-state index in [2.05, 4.69) is 37.4 Å². The molecule has 0 fully saturated rings. The minimum Gasteiger partial charge on any atom is -0.387 e. The van der Waals surface area contributed by atoms with Gasteiger partial charge >= 0.3 is 0 Å². The number of carbonyl (C=O) groups excluding carboxylic acids is 1. The number of nitrogens with one attached hydrogen (secondary N) is 1. The molecule has 3 heteroatoms. The largest absolute Gasteiger partial charge is 0.387 e. The lowest BCUT2D eigenvalue weighted by molar-refractivity contribution is -0.122. The summed E-state index contributed by atoms with van der Waals surface area (Å²) >= 11 is 0. The van der Waals surface area contributed by atoms with Gasteiger partial charge < -0.3 is 10.4 Å². The smallest absolute Gasteiger partial charge is 0.220 e. The predicted molar refractivity (Wildman–Crippen MR) is 201 cm³/mol. The van der Waals surface area contributed by atoms with Gasteiger partial charge in [0.25, 0.3) is 0 Å². The van der Waals surface area contributed by atoms with Crippen molar-refractivity contribution < 1.29 is 9.90 Å². The van der Waals surface area contributed by atoms with Crippen LogP contribution >= 0.6 is 0 Å². The minimum atomic E-state index is -0.599. The second-order valence-corrected chi connectivity index (χ2v) is 14.1. The maximum atomic E-state index is 12.3. The van der Waals surface area contributed by atoms with Crippen LogP contribution in [0.1, 0.15) is 226 Å². The van der Waals surface area contributed by atoms with Gasteiger partial charge in [-0.05, 0) is 51.9 Å². The van der Waals surface area contributed by atoms with E-state index in [1.165, 1.54) is 180 Å². The van der Waals surface area contributed by atoms with Crippen molar-refractivity contribution >= 4 is 5.91 Å². The van der Waals surface area contributed by atoms with Gasteiger partial charge in [-0.2, -0.15) is 0 Å². The van der Waals surface area contributed by atoms with Crippen molar-refractivity contribution in [1.82, 2.24) is 5.32 Å². The Hall–Kier alpha value is -1.09. The summed E-state index contributed by atoms with van der Waals surface area (Å²) < 4.78 is 0. The van der Waals surface area contributed by atoms with E-state index in [1.807, 2.05) is 13.0 Å². The zero-order valence-corrected chi connectivity index (χ0v) is 30.9. The van der Waals surface area contributed by atoms with E-state index in [-0.39, 0.29) is 11.9 Å². The average molecular weight is 632 g/mol. The molecule has 0 aliphatic rings. The van der Waals surface area contributed by atoms with Gasteiger partial charge in [0.05, 0.1) is 12.1 Å². The van der Waals surface area contributed by atoms with Crippen molar-refractivity contribution in [2.75, 3.05) is 0 Å². The topological polar surface area (TPSA) is 49.3 Å². The summed E-state index contributed by atoms with van der Waals surface area (Å²) in [6, 6.07) is -0.225. The Balaban J connectivity index is 3.44. The molecule has 0 radical (unpaired) electrons. The van der Waals surface area contributed by atoms with Gasteiger partial charge in [0.15, 0.2) is 0 Å². The Labute approximate surface area is 283 Å². The highest BCUT2D eigenvalue weighted by molar-refractivity contribution is 5.76. The Morgan fingerprint density at radius 2 is 0.800 bits per heavy atom. The molecule has 0 unspecified atom stereocenters. The van der Waals surface area contributed by atoms with E-state index in [0.29, 0.717) is 6.42 Å². The number of allylic oxidation sites excluding steroid dienone is 3. The monoisotopic (exact) mass is 632 g/mol. The normalized spacial score (nSPS) is 13.2. The van der Waals surface area contributed by atoms with Gasteiger partial charge in [-0.3, -0.25) is 4.79 Å². The molecule has 0 aliphatic carbocycles. The zero-order chi connectivity index (χ0) is 32.9. The quantitative estimate of drug-likeness (QED) is 0.0534. The van der Waals surface area contributed by atoms with Crippen molar-refractivity contribution in [3.05, 3.63) is 24.3 Å². The Kier molecular flexibility index (Phi) is 36.5. The highest BCUT2D eigenvalue weighted by Crippen LogP contribution is 2.14. The first kappa shape index (κ1) is 43.9. The maximum Gasteiger partial charge on any atom is 0.220 e. The Morgan fingerprint density at radius 1 is 0.489 bits per heavy atom. The third kappa shape index (κ3) is 35.6. The molecule has 0 heterocycles. The lowest BCUT2D eigenvalue weighted by Gasteiger charge is -2.17. The number of hydrogen-bond donors (Lipinski definition) is 2. The third-order valence-electron chi connectivity index (χ3n) is 9.37.